The number of allylic oxidation sites excluding steroid dienone is 2. The van der Waals surface area contributed by atoms with E-state index in [-0.39, 0.29) is 5.83 Å². The van der Waals surface area contributed by atoms with Crippen molar-refractivity contribution >= 4 is 6.08 Å². The van der Waals surface area contributed by atoms with E-state index in [1.807, 2.05) is 31.2 Å². The van der Waals surface area contributed by atoms with Crippen molar-refractivity contribution in [1.29, 1.82) is 0 Å². The van der Waals surface area contributed by atoms with Crippen LogP contribution in [0.4, 0.5) is 4.39 Å². The Hall–Kier alpha value is -1.37. The minimum atomic E-state index is -0.0841. The fourth-order valence-electron chi connectivity index (χ4n) is 1.23. The van der Waals surface area contributed by atoms with Gasteiger partial charge in [-0.05, 0) is 30.5 Å². The van der Waals surface area contributed by atoms with Crippen LogP contribution in [0, 0.1) is 6.92 Å². The fraction of sp³-hybridized carbons (Fsp3) is 0.231. The summed E-state index contributed by atoms with van der Waals surface area (Å²) in [6, 6.07) is 7.77. The molecule has 1 aromatic rings. The van der Waals surface area contributed by atoms with Gasteiger partial charge in [-0.15, -0.1) is 6.58 Å². The van der Waals surface area contributed by atoms with Crippen molar-refractivity contribution in [2.75, 3.05) is 0 Å². The zero-order valence-electron chi connectivity index (χ0n) is 8.46. The van der Waals surface area contributed by atoms with Crippen molar-refractivity contribution in [3.05, 3.63) is 53.9 Å². The molecule has 74 valence electrons. The van der Waals surface area contributed by atoms with E-state index in [0.29, 0.717) is 12.8 Å². The SMILES string of the molecule is C=CCC/C(F)=C/c1ccccc1C. The molecule has 0 aliphatic rings. The fourth-order valence-corrected chi connectivity index (χ4v) is 1.23. The van der Waals surface area contributed by atoms with Gasteiger partial charge in [0.1, 0.15) is 5.83 Å². The Bertz CT molecular complexity index is 337. The van der Waals surface area contributed by atoms with E-state index < -0.39 is 0 Å². The molecule has 0 atom stereocenters. The molecule has 0 unspecified atom stereocenters. The third kappa shape index (κ3) is 3.17. The van der Waals surface area contributed by atoms with E-state index in [2.05, 4.69) is 6.58 Å². The van der Waals surface area contributed by atoms with Crippen LogP contribution in [-0.4, -0.2) is 0 Å². The first kappa shape index (κ1) is 10.7. The number of benzene rings is 1. The molecule has 0 spiro atoms. The van der Waals surface area contributed by atoms with Gasteiger partial charge in [0.15, 0.2) is 0 Å². The third-order valence-corrected chi connectivity index (χ3v) is 2.09. The van der Waals surface area contributed by atoms with Crippen LogP contribution in [0.2, 0.25) is 0 Å². The van der Waals surface area contributed by atoms with Crippen molar-refractivity contribution in [1.82, 2.24) is 0 Å². The number of rotatable bonds is 4. The molecule has 1 heteroatoms. The Morgan fingerprint density at radius 3 is 2.79 bits per heavy atom. The Balaban J connectivity index is 2.75. The Morgan fingerprint density at radius 1 is 1.43 bits per heavy atom. The number of halogens is 1. The highest BCUT2D eigenvalue weighted by molar-refractivity contribution is 5.54. The predicted octanol–water partition coefficient (Wildman–Crippen LogP) is 4.27. The Labute approximate surface area is 84.8 Å². The van der Waals surface area contributed by atoms with Crippen molar-refractivity contribution < 1.29 is 4.39 Å². The van der Waals surface area contributed by atoms with Crippen LogP contribution in [0.5, 0.6) is 0 Å². The van der Waals surface area contributed by atoms with Gasteiger partial charge < -0.3 is 0 Å². The smallest absolute Gasteiger partial charge is 0.101 e. The summed E-state index contributed by atoms with van der Waals surface area (Å²) in [7, 11) is 0. The molecule has 0 radical (unpaired) electrons. The number of hydrogen-bond donors (Lipinski definition) is 0. The lowest BCUT2D eigenvalue weighted by atomic mass is 10.1. The standard InChI is InChI=1S/C13H15F/c1-3-4-9-13(14)10-12-8-6-5-7-11(12)2/h3,5-8,10H,1,4,9H2,2H3/b13-10-. The van der Waals surface area contributed by atoms with Crippen LogP contribution in [-0.2, 0) is 0 Å². The molecule has 0 aromatic heterocycles. The topological polar surface area (TPSA) is 0 Å². The normalized spacial score (nSPS) is 11.4. The highest BCUT2D eigenvalue weighted by Crippen LogP contribution is 2.15. The van der Waals surface area contributed by atoms with Gasteiger partial charge in [0, 0.05) is 6.42 Å². The van der Waals surface area contributed by atoms with Gasteiger partial charge in [-0.3, -0.25) is 0 Å². The van der Waals surface area contributed by atoms with Crippen molar-refractivity contribution in [2.24, 2.45) is 0 Å². The Kier molecular flexibility index (Phi) is 4.11. The van der Waals surface area contributed by atoms with Crippen LogP contribution in [0.15, 0.2) is 42.7 Å². The van der Waals surface area contributed by atoms with E-state index in [1.165, 1.54) is 0 Å². The van der Waals surface area contributed by atoms with E-state index in [4.69, 9.17) is 0 Å². The third-order valence-electron chi connectivity index (χ3n) is 2.09. The van der Waals surface area contributed by atoms with Gasteiger partial charge in [-0.25, -0.2) is 4.39 Å². The average molecular weight is 190 g/mol. The van der Waals surface area contributed by atoms with E-state index >= 15 is 0 Å². The lowest BCUT2D eigenvalue weighted by Gasteiger charge is -1.99. The largest absolute Gasteiger partial charge is 0.212 e. The minimum absolute atomic E-state index is 0.0841. The summed E-state index contributed by atoms with van der Waals surface area (Å²) in [4.78, 5) is 0. The average Bonchev–Trinajstić information content (AvgIpc) is 2.18. The van der Waals surface area contributed by atoms with Gasteiger partial charge in [-0.2, -0.15) is 0 Å². The van der Waals surface area contributed by atoms with Crippen LogP contribution < -0.4 is 0 Å². The lowest BCUT2D eigenvalue weighted by molar-refractivity contribution is 0.600. The van der Waals surface area contributed by atoms with E-state index in [1.54, 1.807) is 12.2 Å². The summed E-state index contributed by atoms with van der Waals surface area (Å²) in [5.74, 6) is -0.0841. The van der Waals surface area contributed by atoms with Crippen LogP contribution in [0.25, 0.3) is 6.08 Å². The molecular formula is C13H15F. The second kappa shape index (κ2) is 5.38. The molecule has 14 heavy (non-hydrogen) atoms. The zero-order chi connectivity index (χ0) is 10.4. The van der Waals surface area contributed by atoms with E-state index in [0.717, 1.165) is 11.1 Å². The first-order valence-corrected chi connectivity index (χ1v) is 4.76. The number of aryl methyl sites for hydroxylation is 1. The highest BCUT2D eigenvalue weighted by atomic mass is 19.1. The molecule has 0 fully saturated rings. The number of hydrogen-bond acceptors (Lipinski definition) is 0. The molecule has 0 saturated carbocycles. The molecule has 0 aliphatic carbocycles. The molecule has 1 rings (SSSR count). The van der Waals surface area contributed by atoms with Gasteiger partial charge in [0.2, 0.25) is 0 Å². The maximum atomic E-state index is 13.3. The van der Waals surface area contributed by atoms with Crippen molar-refractivity contribution in [3.63, 3.8) is 0 Å². The monoisotopic (exact) mass is 190 g/mol. The summed E-state index contributed by atoms with van der Waals surface area (Å²) in [6.07, 6.45) is 4.45. The maximum Gasteiger partial charge on any atom is 0.101 e. The summed E-state index contributed by atoms with van der Waals surface area (Å²) in [5.41, 5.74) is 2.05. The van der Waals surface area contributed by atoms with Crippen LogP contribution in [0.1, 0.15) is 24.0 Å². The first-order chi connectivity index (χ1) is 6.74. The molecule has 0 heterocycles. The molecule has 0 saturated heterocycles. The Morgan fingerprint density at radius 2 is 2.14 bits per heavy atom. The van der Waals surface area contributed by atoms with Crippen LogP contribution >= 0.6 is 0 Å². The second-order valence-electron chi connectivity index (χ2n) is 3.28. The maximum absolute atomic E-state index is 13.3. The summed E-state index contributed by atoms with van der Waals surface area (Å²) in [5, 5.41) is 0. The quantitative estimate of drug-likeness (QED) is 0.622. The predicted molar refractivity (Wildman–Crippen MR) is 59.7 cm³/mol. The van der Waals surface area contributed by atoms with Gasteiger partial charge >= 0.3 is 0 Å². The zero-order valence-corrected chi connectivity index (χ0v) is 8.46. The first-order valence-electron chi connectivity index (χ1n) is 4.76. The molecule has 0 bridgehead atoms. The van der Waals surface area contributed by atoms with Crippen molar-refractivity contribution in [2.45, 2.75) is 19.8 Å². The minimum Gasteiger partial charge on any atom is -0.212 e. The van der Waals surface area contributed by atoms with Crippen molar-refractivity contribution in [3.8, 4) is 0 Å². The summed E-state index contributed by atoms with van der Waals surface area (Å²) < 4.78 is 13.3. The van der Waals surface area contributed by atoms with Crippen LogP contribution in [0.3, 0.4) is 0 Å². The summed E-state index contributed by atoms with van der Waals surface area (Å²) in [6.45, 7) is 5.54. The summed E-state index contributed by atoms with van der Waals surface area (Å²) >= 11 is 0. The molecule has 0 aliphatic heterocycles. The second-order valence-corrected chi connectivity index (χ2v) is 3.28. The highest BCUT2D eigenvalue weighted by Gasteiger charge is 1.96. The van der Waals surface area contributed by atoms with E-state index in [9.17, 15) is 4.39 Å². The van der Waals surface area contributed by atoms with Gasteiger partial charge in [-0.1, -0.05) is 30.3 Å². The molecule has 0 N–H and O–H groups in total. The molecule has 0 amide bonds. The molecule has 0 nitrogen and oxygen atoms in total. The van der Waals surface area contributed by atoms with Gasteiger partial charge in [0.25, 0.3) is 0 Å². The van der Waals surface area contributed by atoms with Gasteiger partial charge in [0.05, 0.1) is 0 Å². The lowest BCUT2D eigenvalue weighted by Crippen LogP contribution is -1.80. The molecule has 1 aromatic carbocycles. The molecular weight excluding hydrogens is 175 g/mol.